The summed E-state index contributed by atoms with van der Waals surface area (Å²) in [4.78, 5) is 15.0. The third-order valence-corrected chi connectivity index (χ3v) is 4.33. The zero-order chi connectivity index (χ0) is 13.0. The Morgan fingerprint density at radius 2 is 2.33 bits per heavy atom. The highest BCUT2D eigenvalue weighted by Gasteiger charge is 2.21. The van der Waals surface area contributed by atoms with Crippen molar-refractivity contribution in [3.05, 3.63) is 21.3 Å². The Hall–Kier alpha value is -0.580. The van der Waals surface area contributed by atoms with Gasteiger partial charge >= 0.3 is 0 Å². The molecule has 1 aromatic heterocycles. The Labute approximate surface area is 117 Å². The molecule has 1 aromatic rings. The number of halogens is 1. The minimum atomic E-state index is 0.169. The first-order valence-corrected chi connectivity index (χ1v) is 7.61. The summed E-state index contributed by atoms with van der Waals surface area (Å²) in [5.74, 6) is 0.978. The van der Waals surface area contributed by atoms with Crippen molar-refractivity contribution in [2.24, 2.45) is 5.92 Å². The number of nitrogens with zero attached hydrogens (tertiary/aromatic N) is 1. The van der Waals surface area contributed by atoms with Crippen LogP contribution in [0, 0.1) is 5.92 Å². The maximum absolute atomic E-state index is 12.0. The third-order valence-electron chi connectivity index (χ3n) is 3.12. The van der Waals surface area contributed by atoms with Crippen LogP contribution < -0.4 is 5.32 Å². The SMILES string of the molecule is CCN(Cc1ccc(Cl)s1)C(=O)CNCC1CC1. The van der Waals surface area contributed by atoms with Gasteiger partial charge in [-0.15, -0.1) is 11.3 Å². The fraction of sp³-hybridized carbons (Fsp3) is 0.615. The van der Waals surface area contributed by atoms with Gasteiger partial charge in [0.2, 0.25) is 5.91 Å². The van der Waals surface area contributed by atoms with Gasteiger partial charge in [0.25, 0.3) is 0 Å². The van der Waals surface area contributed by atoms with Crippen molar-refractivity contribution in [3.8, 4) is 0 Å². The van der Waals surface area contributed by atoms with Crippen molar-refractivity contribution < 1.29 is 4.79 Å². The number of likely N-dealkylation sites (N-methyl/N-ethyl adjacent to an activating group) is 1. The molecule has 2 rings (SSSR count). The van der Waals surface area contributed by atoms with E-state index in [9.17, 15) is 4.79 Å². The van der Waals surface area contributed by atoms with E-state index in [1.807, 2.05) is 24.0 Å². The quantitative estimate of drug-likeness (QED) is 0.836. The summed E-state index contributed by atoms with van der Waals surface area (Å²) in [6.45, 7) is 4.84. The van der Waals surface area contributed by atoms with Gasteiger partial charge in [-0.05, 0) is 44.4 Å². The molecule has 100 valence electrons. The first-order chi connectivity index (χ1) is 8.69. The van der Waals surface area contributed by atoms with Crippen molar-refractivity contribution in [1.82, 2.24) is 10.2 Å². The first kappa shape index (κ1) is 13.8. The van der Waals surface area contributed by atoms with Crippen LogP contribution in [0.2, 0.25) is 4.34 Å². The van der Waals surface area contributed by atoms with Crippen LogP contribution in [0.3, 0.4) is 0 Å². The van der Waals surface area contributed by atoms with Gasteiger partial charge in [0.1, 0.15) is 0 Å². The summed E-state index contributed by atoms with van der Waals surface area (Å²) in [7, 11) is 0. The van der Waals surface area contributed by atoms with Crippen LogP contribution in [0.25, 0.3) is 0 Å². The fourth-order valence-electron chi connectivity index (χ4n) is 1.82. The maximum atomic E-state index is 12.0. The van der Waals surface area contributed by atoms with Gasteiger partial charge in [0, 0.05) is 11.4 Å². The summed E-state index contributed by atoms with van der Waals surface area (Å²) in [6.07, 6.45) is 2.62. The Morgan fingerprint density at radius 3 is 2.89 bits per heavy atom. The second-order valence-electron chi connectivity index (χ2n) is 4.69. The average Bonchev–Trinajstić information content (AvgIpc) is 3.08. The van der Waals surface area contributed by atoms with Crippen LogP contribution in [0.4, 0.5) is 0 Å². The Bertz CT molecular complexity index is 403. The highest BCUT2D eigenvalue weighted by molar-refractivity contribution is 7.16. The molecule has 0 atom stereocenters. The number of carbonyl (C=O) groups is 1. The molecule has 0 radical (unpaired) electrons. The number of amides is 1. The smallest absolute Gasteiger partial charge is 0.236 e. The van der Waals surface area contributed by atoms with Crippen molar-refractivity contribution >= 4 is 28.8 Å². The molecule has 0 spiro atoms. The Balaban J connectivity index is 1.77. The van der Waals surface area contributed by atoms with Gasteiger partial charge in [-0.2, -0.15) is 0 Å². The molecular weight excluding hydrogens is 268 g/mol. The molecule has 0 aliphatic heterocycles. The summed E-state index contributed by atoms with van der Waals surface area (Å²) < 4.78 is 0.778. The summed E-state index contributed by atoms with van der Waals surface area (Å²) in [6, 6.07) is 3.87. The molecule has 0 saturated heterocycles. The van der Waals surface area contributed by atoms with Crippen LogP contribution in [0.15, 0.2) is 12.1 Å². The highest BCUT2D eigenvalue weighted by atomic mass is 35.5. The number of hydrogen-bond donors (Lipinski definition) is 1. The van der Waals surface area contributed by atoms with Gasteiger partial charge in [0.15, 0.2) is 0 Å². The van der Waals surface area contributed by atoms with Crippen molar-refractivity contribution in [1.29, 1.82) is 0 Å². The van der Waals surface area contributed by atoms with Crippen molar-refractivity contribution in [2.45, 2.75) is 26.3 Å². The van der Waals surface area contributed by atoms with E-state index in [0.717, 1.165) is 28.2 Å². The van der Waals surface area contributed by atoms with Gasteiger partial charge in [-0.3, -0.25) is 4.79 Å². The molecule has 3 nitrogen and oxygen atoms in total. The van der Waals surface area contributed by atoms with Crippen LogP contribution in [-0.2, 0) is 11.3 Å². The molecular formula is C13H19ClN2OS. The molecule has 1 fully saturated rings. The number of thiophene rings is 1. The molecule has 0 unspecified atom stereocenters. The Kier molecular flexibility index (Phi) is 5.03. The molecule has 1 heterocycles. The highest BCUT2D eigenvalue weighted by Crippen LogP contribution is 2.27. The predicted octanol–water partition coefficient (Wildman–Crippen LogP) is 2.75. The van der Waals surface area contributed by atoms with Gasteiger partial charge in [0.05, 0.1) is 17.4 Å². The zero-order valence-electron chi connectivity index (χ0n) is 10.6. The lowest BCUT2D eigenvalue weighted by atomic mass is 10.3. The minimum Gasteiger partial charge on any atom is -0.337 e. The second kappa shape index (κ2) is 6.55. The lowest BCUT2D eigenvalue weighted by Crippen LogP contribution is -2.38. The molecule has 1 saturated carbocycles. The van der Waals surface area contributed by atoms with E-state index in [1.165, 1.54) is 24.2 Å². The topological polar surface area (TPSA) is 32.3 Å². The van der Waals surface area contributed by atoms with Crippen molar-refractivity contribution in [2.75, 3.05) is 19.6 Å². The van der Waals surface area contributed by atoms with E-state index in [1.54, 1.807) is 0 Å². The number of carbonyl (C=O) groups excluding carboxylic acids is 1. The van der Waals surface area contributed by atoms with Gasteiger partial charge < -0.3 is 10.2 Å². The molecule has 5 heteroatoms. The molecule has 0 aromatic carbocycles. The Morgan fingerprint density at radius 1 is 1.56 bits per heavy atom. The number of hydrogen-bond acceptors (Lipinski definition) is 3. The van der Waals surface area contributed by atoms with E-state index in [2.05, 4.69) is 5.32 Å². The lowest BCUT2D eigenvalue weighted by Gasteiger charge is -2.20. The number of rotatable bonds is 7. The van der Waals surface area contributed by atoms with Crippen LogP contribution in [-0.4, -0.2) is 30.4 Å². The third kappa shape index (κ3) is 4.26. The molecule has 1 amide bonds. The lowest BCUT2D eigenvalue weighted by molar-refractivity contribution is -0.130. The minimum absolute atomic E-state index is 0.169. The van der Waals surface area contributed by atoms with Crippen LogP contribution >= 0.6 is 22.9 Å². The molecule has 0 bridgehead atoms. The summed E-state index contributed by atoms with van der Waals surface area (Å²) >= 11 is 7.43. The van der Waals surface area contributed by atoms with E-state index in [0.29, 0.717) is 13.1 Å². The number of nitrogens with one attached hydrogen (secondary N) is 1. The maximum Gasteiger partial charge on any atom is 0.236 e. The van der Waals surface area contributed by atoms with Crippen LogP contribution in [0.5, 0.6) is 0 Å². The standard InChI is InChI=1S/C13H19ClN2OS/c1-2-16(9-11-5-6-12(14)18-11)13(17)8-15-7-10-3-4-10/h5-6,10,15H,2-4,7-9H2,1H3. The van der Waals surface area contributed by atoms with Crippen LogP contribution in [0.1, 0.15) is 24.6 Å². The monoisotopic (exact) mass is 286 g/mol. The van der Waals surface area contributed by atoms with Gasteiger partial charge in [-0.1, -0.05) is 11.6 Å². The first-order valence-electron chi connectivity index (χ1n) is 6.41. The van der Waals surface area contributed by atoms with E-state index in [4.69, 9.17) is 11.6 Å². The van der Waals surface area contributed by atoms with E-state index < -0.39 is 0 Å². The van der Waals surface area contributed by atoms with E-state index in [-0.39, 0.29) is 5.91 Å². The second-order valence-corrected chi connectivity index (χ2v) is 6.49. The van der Waals surface area contributed by atoms with E-state index >= 15 is 0 Å². The summed E-state index contributed by atoms with van der Waals surface area (Å²) in [5.41, 5.74) is 0. The normalized spacial score (nSPS) is 14.8. The molecule has 1 aliphatic carbocycles. The zero-order valence-corrected chi connectivity index (χ0v) is 12.2. The summed E-state index contributed by atoms with van der Waals surface area (Å²) in [5, 5.41) is 3.24. The van der Waals surface area contributed by atoms with Crippen molar-refractivity contribution in [3.63, 3.8) is 0 Å². The predicted molar refractivity (Wildman–Crippen MR) is 76.0 cm³/mol. The average molecular weight is 287 g/mol. The molecule has 18 heavy (non-hydrogen) atoms. The largest absolute Gasteiger partial charge is 0.337 e. The molecule has 1 aliphatic rings. The molecule has 1 N–H and O–H groups in total. The van der Waals surface area contributed by atoms with Gasteiger partial charge in [-0.25, -0.2) is 0 Å². The fourth-order valence-corrected chi connectivity index (χ4v) is 2.92.